The number of aliphatic imine (C=N–C) groups is 1. The standard InChI is InChI=1S/C15H19N2O2/c1-11(18)10-15(4)16-13(14(2,3)17(15)19)12-8-6-5-7-9-12/h5-9H,10H2,1-4H3. The molecule has 1 aromatic carbocycles. The minimum atomic E-state index is -0.999. The van der Waals surface area contributed by atoms with Crippen LogP contribution < -0.4 is 0 Å². The first-order chi connectivity index (χ1) is 8.77. The summed E-state index contributed by atoms with van der Waals surface area (Å²) in [7, 11) is 0. The van der Waals surface area contributed by atoms with Gasteiger partial charge in [0.15, 0.2) is 0 Å². The summed E-state index contributed by atoms with van der Waals surface area (Å²) in [5.41, 5.74) is -0.0565. The van der Waals surface area contributed by atoms with E-state index < -0.39 is 11.2 Å². The van der Waals surface area contributed by atoms with Crippen molar-refractivity contribution in [2.45, 2.75) is 45.3 Å². The molecule has 1 radical (unpaired) electrons. The Bertz CT molecular complexity index is 522. The summed E-state index contributed by atoms with van der Waals surface area (Å²) in [5.74, 6) is -0.0304. The molecule has 1 aliphatic heterocycles. The van der Waals surface area contributed by atoms with E-state index in [1.165, 1.54) is 6.92 Å². The Balaban J connectivity index is 2.48. The number of carbonyl (C=O) groups is 1. The zero-order chi connectivity index (χ0) is 14.3. The van der Waals surface area contributed by atoms with E-state index in [0.717, 1.165) is 16.3 Å². The predicted octanol–water partition coefficient (Wildman–Crippen LogP) is 2.61. The van der Waals surface area contributed by atoms with Crippen molar-refractivity contribution in [1.29, 1.82) is 0 Å². The van der Waals surface area contributed by atoms with Crippen LogP contribution >= 0.6 is 0 Å². The van der Waals surface area contributed by atoms with Gasteiger partial charge in [-0.2, -0.15) is 0 Å². The summed E-state index contributed by atoms with van der Waals surface area (Å²) in [6, 6.07) is 9.64. The Hall–Kier alpha value is -1.52. The van der Waals surface area contributed by atoms with E-state index >= 15 is 0 Å². The molecule has 101 valence electrons. The first-order valence-corrected chi connectivity index (χ1v) is 6.40. The Labute approximate surface area is 113 Å². The van der Waals surface area contributed by atoms with Crippen molar-refractivity contribution in [3.63, 3.8) is 0 Å². The monoisotopic (exact) mass is 259 g/mol. The minimum Gasteiger partial charge on any atom is -0.300 e. The Morgan fingerprint density at radius 2 is 1.79 bits per heavy atom. The van der Waals surface area contributed by atoms with Gasteiger partial charge in [-0.3, -0.25) is 9.79 Å². The molecule has 0 saturated carbocycles. The molecule has 4 heteroatoms. The van der Waals surface area contributed by atoms with Crippen LogP contribution in [0.25, 0.3) is 0 Å². The first kappa shape index (κ1) is 13.9. The third-order valence-corrected chi connectivity index (χ3v) is 3.51. The molecule has 1 atom stereocenters. The number of hydrogen-bond donors (Lipinski definition) is 0. The third kappa shape index (κ3) is 2.33. The molecule has 0 amide bonds. The Morgan fingerprint density at radius 1 is 1.21 bits per heavy atom. The van der Waals surface area contributed by atoms with Gasteiger partial charge in [0.05, 0.1) is 11.3 Å². The molecule has 0 spiro atoms. The molecule has 0 bridgehead atoms. The maximum atomic E-state index is 12.5. The highest BCUT2D eigenvalue weighted by atomic mass is 16.5. The Kier molecular flexibility index (Phi) is 3.32. The highest BCUT2D eigenvalue weighted by molar-refractivity contribution is 6.08. The molecule has 0 fully saturated rings. The van der Waals surface area contributed by atoms with Gasteiger partial charge in [0.2, 0.25) is 0 Å². The zero-order valence-electron chi connectivity index (χ0n) is 11.8. The number of rotatable bonds is 3. The lowest BCUT2D eigenvalue weighted by Gasteiger charge is -2.33. The fourth-order valence-electron chi connectivity index (χ4n) is 2.72. The number of hydrogen-bond acceptors (Lipinski definition) is 3. The van der Waals surface area contributed by atoms with Crippen molar-refractivity contribution in [2.75, 3.05) is 0 Å². The number of Topliss-reactive ketones (excluding diaryl/α,β-unsaturated/α-hetero) is 1. The maximum Gasteiger partial charge on any atom is 0.144 e. The van der Waals surface area contributed by atoms with Gasteiger partial charge in [0, 0.05) is 6.42 Å². The summed E-state index contributed by atoms with van der Waals surface area (Å²) in [4.78, 5) is 15.9. The van der Waals surface area contributed by atoms with Gasteiger partial charge in [0.25, 0.3) is 0 Å². The Morgan fingerprint density at radius 3 is 2.32 bits per heavy atom. The van der Waals surface area contributed by atoms with Crippen LogP contribution in [0.4, 0.5) is 0 Å². The largest absolute Gasteiger partial charge is 0.300 e. The molecule has 1 aromatic rings. The summed E-state index contributed by atoms with van der Waals surface area (Å²) in [6.45, 7) is 6.90. The molecule has 1 heterocycles. The number of benzene rings is 1. The van der Waals surface area contributed by atoms with E-state index in [2.05, 4.69) is 4.99 Å². The van der Waals surface area contributed by atoms with Crippen LogP contribution in [0.2, 0.25) is 0 Å². The van der Waals surface area contributed by atoms with E-state index in [4.69, 9.17) is 0 Å². The van der Waals surface area contributed by atoms with Crippen molar-refractivity contribution in [3.8, 4) is 0 Å². The minimum absolute atomic E-state index is 0.0304. The topological polar surface area (TPSA) is 52.6 Å². The summed E-state index contributed by atoms with van der Waals surface area (Å²) >= 11 is 0. The molecule has 0 saturated heterocycles. The normalized spacial score (nSPS) is 26.3. The van der Waals surface area contributed by atoms with Crippen LogP contribution in [0.15, 0.2) is 35.3 Å². The van der Waals surface area contributed by atoms with Gasteiger partial charge >= 0.3 is 0 Å². The summed E-state index contributed by atoms with van der Waals surface area (Å²) < 4.78 is 0. The molecular formula is C15H19N2O2. The van der Waals surface area contributed by atoms with Crippen molar-refractivity contribution in [2.24, 2.45) is 4.99 Å². The lowest BCUT2D eigenvalue weighted by atomic mass is 9.92. The number of hydroxylamine groups is 2. The van der Waals surface area contributed by atoms with Crippen molar-refractivity contribution in [1.82, 2.24) is 5.06 Å². The van der Waals surface area contributed by atoms with E-state index in [-0.39, 0.29) is 12.2 Å². The van der Waals surface area contributed by atoms with Gasteiger partial charge in [-0.15, -0.1) is 10.3 Å². The van der Waals surface area contributed by atoms with Crippen LogP contribution in [-0.2, 0) is 10.0 Å². The first-order valence-electron chi connectivity index (χ1n) is 6.40. The summed E-state index contributed by atoms with van der Waals surface area (Å²) in [5, 5.41) is 13.5. The second-order valence-electron chi connectivity index (χ2n) is 5.78. The molecule has 2 rings (SSSR count). The van der Waals surface area contributed by atoms with E-state index in [1.54, 1.807) is 6.92 Å². The van der Waals surface area contributed by atoms with E-state index in [9.17, 15) is 10.0 Å². The van der Waals surface area contributed by atoms with Crippen LogP contribution in [0, 0.1) is 0 Å². The van der Waals surface area contributed by atoms with Gasteiger partial charge < -0.3 is 0 Å². The highest BCUT2D eigenvalue weighted by Gasteiger charge is 2.51. The van der Waals surface area contributed by atoms with Crippen molar-refractivity contribution < 1.29 is 10.0 Å². The van der Waals surface area contributed by atoms with Gasteiger partial charge in [-0.25, -0.2) is 0 Å². The fraction of sp³-hybridized carbons (Fsp3) is 0.467. The average Bonchev–Trinajstić information content (AvgIpc) is 2.51. The smallest absolute Gasteiger partial charge is 0.144 e. The molecule has 19 heavy (non-hydrogen) atoms. The maximum absolute atomic E-state index is 12.5. The predicted molar refractivity (Wildman–Crippen MR) is 73.3 cm³/mol. The van der Waals surface area contributed by atoms with Crippen LogP contribution in [0.3, 0.4) is 0 Å². The van der Waals surface area contributed by atoms with E-state index in [1.807, 2.05) is 44.2 Å². The van der Waals surface area contributed by atoms with Gasteiger partial charge in [0.1, 0.15) is 11.4 Å². The van der Waals surface area contributed by atoms with Crippen molar-refractivity contribution in [3.05, 3.63) is 35.9 Å². The highest BCUT2D eigenvalue weighted by Crippen LogP contribution is 2.38. The molecular weight excluding hydrogens is 240 g/mol. The SMILES string of the molecule is CC(=O)CC1(C)N=C(c2ccccc2)C(C)(C)N1[O]. The average molecular weight is 259 g/mol. The second-order valence-corrected chi connectivity index (χ2v) is 5.78. The molecule has 0 N–H and O–H groups in total. The number of ketones is 1. The van der Waals surface area contributed by atoms with Crippen molar-refractivity contribution >= 4 is 11.5 Å². The van der Waals surface area contributed by atoms with Crippen LogP contribution in [-0.4, -0.2) is 27.8 Å². The van der Waals surface area contributed by atoms with Crippen LogP contribution in [0.1, 0.15) is 39.7 Å². The lowest BCUT2D eigenvalue weighted by Crippen LogP contribution is -2.51. The molecule has 1 aliphatic rings. The second kappa shape index (κ2) is 4.54. The summed E-state index contributed by atoms with van der Waals surface area (Å²) in [6.07, 6.45) is 0.135. The number of carbonyl (C=O) groups excluding carboxylic acids is 1. The zero-order valence-corrected chi connectivity index (χ0v) is 11.8. The fourth-order valence-corrected chi connectivity index (χ4v) is 2.72. The van der Waals surface area contributed by atoms with E-state index in [0.29, 0.717) is 0 Å². The molecule has 0 aromatic heterocycles. The molecule has 4 nitrogen and oxygen atoms in total. The third-order valence-electron chi connectivity index (χ3n) is 3.51. The van der Waals surface area contributed by atoms with Gasteiger partial charge in [-0.05, 0) is 33.3 Å². The lowest BCUT2D eigenvalue weighted by molar-refractivity contribution is -0.246. The number of nitrogens with zero attached hydrogens (tertiary/aromatic N) is 2. The quantitative estimate of drug-likeness (QED) is 0.837. The molecule has 0 aliphatic carbocycles. The van der Waals surface area contributed by atoms with Crippen LogP contribution in [0.5, 0.6) is 0 Å². The molecule has 1 unspecified atom stereocenters. The van der Waals surface area contributed by atoms with Gasteiger partial charge in [-0.1, -0.05) is 30.3 Å².